The van der Waals surface area contributed by atoms with Crippen molar-refractivity contribution in [3.05, 3.63) is 53.6 Å². The molecule has 0 N–H and O–H groups in total. The van der Waals surface area contributed by atoms with E-state index in [1.807, 2.05) is 24.3 Å². The molecule has 1 aliphatic rings. The zero-order valence-electron chi connectivity index (χ0n) is 20.2. The van der Waals surface area contributed by atoms with Crippen LogP contribution in [0, 0.1) is 17.6 Å². The Kier molecular flexibility index (Phi) is 10.1. The van der Waals surface area contributed by atoms with Gasteiger partial charge in [-0.25, -0.2) is 8.78 Å². The van der Waals surface area contributed by atoms with Gasteiger partial charge in [-0.05, 0) is 54.4 Å². The van der Waals surface area contributed by atoms with E-state index in [1.165, 1.54) is 62.6 Å². The van der Waals surface area contributed by atoms with Gasteiger partial charge < -0.3 is 4.74 Å². The number of unbranched alkanes of at least 4 members (excludes halogenated alkanes) is 5. The fourth-order valence-electron chi connectivity index (χ4n) is 4.80. The molecule has 1 saturated carbocycles. The molecule has 0 heterocycles. The first kappa shape index (κ1) is 25.6. The Hall–Kier alpha value is -1.97. The number of benzene rings is 2. The van der Waals surface area contributed by atoms with Gasteiger partial charge in [0, 0.05) is 5.56 Å². The summed E-state index contributed by atoms with van der Waals surface area (Å²) >= 11 is 0. The van der Waals surface area contributed by atoms with Gasteiger partial charge in [0.15, 0.2) is 11.6 Å². The van der Waals surface area contributed by atoms with Crippen LogP contribution in [-0.4, -0.2) is 12.8 Å². The third kappa shape index (κ3) is 7.52. The molecule has 1 nitrogen and oxygen atoms in total. The molecule has 0 saturated heterocycles. The molecule has 1 fully saturated rings. The first-order valence-electron chi connectivity index (χ1n) is 12.8. The average Bonchev–Trinajstić information content (AvgIpc) is 2.83. The van der Waals surface area contributed by atoms with Gasteiger partial charge in [-0.2, -0.15) is 4.39 Å². The van der Waals surface area contributed by atoms with Gasteiger partial charge in [0.2, 0.25) is 5.82 Å². The Balaban J connectivity index is 1.53. The van der Waals surface area contributed by atoms with Crippen LogP contribution in [0.3, 0.4) is 0 Å². The van der Waals surface area contributed by atoms with Crippen LogP contribution in [0.15, 0.2) is 36.4 Å². The van der Waals surface area contributed by atoms with Crippen molar-refractivity contribution in [3.8, 4) is 16.9 Å². The monoisotopic (exact) mass is 460 g/mol. The van der Waals surface area contributed by atoms with Crippen molar-refractivity contribution in [2.24, 2.45) is 5.92 Å². The maximum absolute atomic E-state index is 14.8. The van der Waals surface area contributed by atoms with Crippen molar-refractivity contribution in [1.82, 2.24) is 0 Å². The minimum atomic E-state index is -1.17. The molecule has 1 unspecified atom stereocenters. The fourth-order valence-corrected chi connectivity index (χ4v) is 4.80. The highest BCUT2D eigenvalue weighted by atomic mass is 19.2. The first-order valence-corrected chi connectivity index (χ1v) is 12.8. The lowest BCUT2D eigenvalue weighted by molar-refractivity contribution is 0.177. The Labute approximate surface area is 197 Å². The molecule has 2 aromatic carbocycles. The molecule has 4 heteroatoms. The van der Waals surface area contributed by atoms with Crippen molar-refractivity contribution in [2.45, 2.75) is 96.6 Å². The fraction of sp³-hybridized carbons (Fsp3) is 0.586. The van der Waals surface area contributed by atoms with Gasteiger partial charge in [0.1, 0.15) is 12.8 Å². The van der Waals surface area contributed by atoms with E-state index < -0.39 is 17.8 Å². The molecule has 0 spiro atoms. The Bertz CT molecular complexity index is 841. The van der Waals surface area contributed by atoms with Crippen molar-refractivity contribution in [1.29, 1.82) is 0 Å². The van der Waals surface area contributed by atoms with E-state index >= 15 is 0 Å². The predicted molar refractivity (Wildman–Crippen MR) is 131 cm³/mol. The van der Waals surface area contributed by atoms with E-state index in [0.717, 1.165) is 25.2 Å². The maximum atomic E-state index is 14.8. The van der Waals surface area contributed by atoms with Crippen LogP contribution in [0.5, 0.6) is 5.75 Å². The lowest BCUT2D eigenvalue weighted by Crippen LogP contribution is -2.14. The number of ether oxygens (including phenoxy) is 1. The van der Waals surface area contributed by atoms with E-state index in [0.29, 0.717) is 17.9 Å². The summed E-state index contributed by atoms with van der Waals surface area (Å²) in [4.78, 5) is 0. The van der Waals surface area contributed by atoms with Crippen LogP contribution in [0.1, 0.15) is 96.0 Å². The van der Waals surface area contributed by atoms with Crippen molar-refractivity contribution in [2.75, 3.05) is 6.61 Å². The Morgan fingerprint density at radius 3 is 2.21 bits per heavy atom. The summed E-state index contributed by atoms with van der Waals surface area (Å²) in [5.41, 5.74) is 2.11. The van der Waals surface area contributed by atoms with E-state index in [9.17, 15) is 13.2 Å². The van der Waals surface area contributed by atoms with Crippen molar-refractivity contribution >= 4 is 0 Å². The summed E-state index contributed by atoms with van der Waals surface area (Å²) in [6, 6.07) is 10.7. The summed E-state index contributed by atoms with van der Waals surface area (Å²) in [6.07, 6.45) is 10.6. The SMILES string of the molecule is CCCCCCCCC(F)COc1ccc(-c2ccc(C3CCC(C)CC3)cc2)c(F)c1F. The standard InChI is InChI=1S/C29H39F3O/c1-3-4-5-6-7-8-9-25(30)20-33-27-19-18-26(28(31)29(27)32)24-16-14-23(15-17-24)22-12-10-21(2)11-13-22/h14-19,21-22,25H,3-13,20H2,1-2H3. The third-order valence-electron chi connectivity index (χ3n) is 7.05. The Morgan fingerprint density at radius 2 is 1.52 bits per heavy atom. The second-order valence-corrected chi connectivity index (χ2v) is 9.78. The van der Waals surface area contributed by atoms with E-state index in [1.54, 1.807) is 0 Å². The molecular formula is C29H39F3O. The average molecular weight is 461 g/mol. The molecule has 3 rings (SSSR count). The van der Waals surface area contributed by atoms with E-state index in [-0.39, 0.29) is 17.9 Å². The smallest absolute Gasteiger partial charge is 0.201 e. The molecule has 0 radical (unpaired) electrons. The second-order valence-electron chi connectivity index (χ2n) is 9.78. The normalized spacial score (nSPS) is 19.4. The number of hydrogen-bond acceptors (Lipinski definition) is 1. The first-order chi connectivity index (χ1) is 16.0. The van der Waals surface area contributed by atoms with Gasteiger partial charge in [-0.3, -0.25) is 0 Å². The molecule has 0 aliphatic heterocycles. The molecule has 2 aromatic rings. The number of alkyl halides is 1. The van der Waals surface area contributed by atoms with Crippen molar-refractivity contribution in [3.63, 3.8) is 0 Å². The molecular weight excluding hydrogens is 421 g/mol. The lowest BCUT2D eigenvalue weighted by atomic mass is 9.79. The number of hydrogen-bond donors (Lipinski definition) is 0. The van der Waals surface area contributed by atoms with Crippen LogP contribution in [-0.2, 0) is 0 Å². The van der Waals surface area contributed by atoms with Gasteiger partial charge in [-0.15, -0.1) is 0 Å². The summed E-state index contributed by atoms with van der Waals surface area (Å²) in [7, 11) is 0. The second kappa shape index (κ2) is 13.1. The van der Waals surface area contributed by atoms with Crippen LogP contribution >= 0.6 is 0 Å². The molecule has 0 bridgehead atoms. The zero-order valence-corrected chi connectivity index (χ0v) is 20.2. The Morgan fingerprint density at radius 1 is 0.848 bits per heavy atom. The predicted octanol–water partition coefficient (Wildman–Crippen LogP) is 9.39. The molecule has 33 heavy (non-hydrogen) atoms. The van der Waals surface area contributed by atoms with Crippen LogP contribution in [0.4, 0.5) is 13.2 Å². The zero-order chi connectivity index (χ0) is 23.6. The molecule has 1 aliphatic carbocycles. The summed E-state index contributed by atoms with van der Waals surface area (Å²) < 4.78 is 48.8. The summed E-state index contributed by atoms with van der Waals surface area (Å²) in [5.74, 6) is -0.878. The van der Waals surface area contributed by atoms with Gasteiger partial charge in [0.25, 0.3) is 0 Å². The molecule has 0 aromatic heterocycles. The largest absolute Gasteiger partial charge is 0.487 e. The lowest BCUT2D eigenvalue weighted by Gasteiger charge is -2.26. The highest BCUT2D eigenvalue weighted by Gasteiger charge is 2.21. The highest BCUT2D eigenvalue weighted by molar-refractivity contribution is 5.65. The molecule has 0 amide bonds. The highest BCUT2D eigenvalue weighted by Crippen LogP contribution is 2.37. The number of rotatable bonds is 12. The summed E-state index contributed by atoms with van der Waals surface area (Å²) in [5, 5.41) is 0. The van der Waals surface area contributed by atoms with Gasteiger partial charge in [-0.1, -0.05) is 89.5 Å². The minimum Gasteiger partial charge on any atom is -0.487 e. The maximum Gasteiger partial charge on any atom is 0.201 e. The topological polar surface area (TPSA) is 9.23 Å². The number of halogens is 3. The molecule has 182 valence electrons. The van der Waals surface area contributed by atoms with Gasteiger partial charge in [0.05, 0.1) is 0 Å². The summed E-state index contributed by atoms with van der Waals surface area (Å²) in [6.45, 7) is 4.21. The van der Waals surface area contributed by atoms with Crippen LogP contribution < -0.4 is 4.74 Å². The van der Waals surface area contributed by atoms with Gasteiger partial charge >= 0.3 is 0 Å². The van der Waals surface area contributed by atoms with Crippen molar-refractivity contribution < 1.29 is 17.9 Å². The van der Waals surface area contributed by atoms with E-state index in [2.05, 4.69) is 13.8 Å². The van der Waals surface area contributed by atoms with E-state index in [4.69, 9.17) is 4.74 Å². The molecule has 1 atom stereocenters. The third-order valence-corrected chi connectivity index (χ3v) is 7.05. The van der Waals surface area contributed by atoms with Crippen LogP contribution in [0.2, 0.25) is 0 Å². The minimum absolute atomic E-state index is 0.201. The quantitative estimate of drug-likeness (QED) is 0.287. The van der Waals surface area contributed by atoms with Crippen LogP contribution in [0.25, 0.3) is 11.1 Å².